The monoisotopic (exact) mass is 347 g/mol. The predicted molar refractivity (Wildman–Crippen MR) is 87.9 cm³/mol. The van der Waals surface area contributed by atoms with Crippen molar-refractivity contribution in [3.05, 3.63) is 28.1 Å². The molecule has 3 heterocycles. The second-order valence-electron chi connectivity index (χ2n) is 6.64. The fourth-order valence-corrected chi connectivity index (χ4v) is 4.80. The molecule has 1 saturated carbocycles. The van der Waals surface area contributed by atoms with E-state index in [1.165, 1.54) is 22.2 Å². The van der Waals surface area contributed by atoms with Gasteiger partial charge in [0.25, 0.3) is 5.56 Å². The molecule has 0 bridgehead atoms. The first kappa shape index (κ1) is 15.3. The minimum absolute atomic E-state index is 0.0214. The third-order valence-corrected chi connectivity index (χ3v) is 6.23. The molecule has 126 valence electrons. The number of nitrogens with zero attached hydrogens (tertiary/aromatic N) is 3. The highest BCUT2D eigenvalue weighted by Gasteiger charge is 2.55. The number of carbonyl (C=O) groups is 2. The number of hydrogen-bond acceptors (Lipinski definition) is 5. The largest absolute Gasteiger partial charge is 0.481 e. The van der Waals surface area contributed by atoms with Crippen molar-refractivity contribution in [3.63, 3.8) is 0 Å². The lowest BCUT2D eigenvalue weighted by Gasteiger charge is -2.23. The minimum atomic E-state index is -0.807. The molecule has 24 heavy (non-hydrogen) atoms. The predicted octanol–water partition coefficient (Wildman–Crippen LogP) is 1.17. The maximum Gasteiger partial charge on any atom is 0.311 e. The smallest absolute Gasteiger partial charge is 0.311 e. The molecule has 1 aliphatic heterocycles. The molecule has 2 aliphatic rings. The van der Waals surface area contributed by atoms with Crippen LogP contribution >= 0.6 is 11.3 Å². The van der Waals surface area contributed by atoms with Crippen LogP contribution in [0.4, 0.5) is 0 Å². The summed E-state index contributed by atoms with van der Waals surface area (Å²) in [5, 5.41) is 11.9. The Morgan fingerprint density at radius 1 is 1.46 bits per heavy atom. The van der Waals surface area contributed by atoms with E-state index in [1.54, 1.807) is 16.3 Å². The topological polar surface area (TPSA) is 92.5 Å². The molecule has 0 aromatic carbocycles. The van der Waals surface area contributed by atoms with E-state index >= 15 is 0 Å². The Labute approximate surface area is 141 Å². The highest BCUT2D eigenvalue weighted by atomic mass is 32.1. The lowest BCUT2D eigenvalue weighted by molar-refractivity contribution is -0.149. The maximum atomic E-state index is 12.6. The van der Waals surface area contributed by atoms with Gasteiger partial charge in [0.05, 0.1) is 17.1 Å². The highest BCUT2D eigenvalue weighted by molar-refractivity contribution is 7.16. The summed E-state index contributed by atoms with van der Waals surface area (Å²) in [6, 6.07) is 1.70. The van der Waals surface area contributed by atoms with Gasteiger partial charge in [-0.05, 0) is 30.2 Å². The summed E-state index contributed by atoms with van der Waals surface area (Å²) in [5.74, 6) is -1.00. The number of thiophene rings is 1. The van der Waals surface area contributed by atoms with Gasteiger partial charge in [0, 0.05) is 13.1 Å². The Balaban J connectivity index is 1.55. The molecule has 2 atom stereocenters. The zero-order valence-corrected chi connectivity index (χ0v) is 13.8. The Hall–Kier alpha value is -2.22. The normalized spacial score (nSPS) is 26.0. The number of carbonyl (C=O) groups excluding carboxylic acids is 1. The number of amides is 1. The van der Waals surface area contributed by atoms with Gasteiger partial charge < -0.3 is 10.0 Å². The van der Waals surface area contributed by atoms with E-state index in [0.717, 1.165) is 12.8 Å². The summed E-state index contributed by atoms with van der Waals surface area (Å²) in [6.45, 7) is 0.614. The maximum absolute atomic E-state index is 12.6. The van der Waals surface area contributed by atoms with E-state index in [-0.39, 0.29) is 30.5 Å². The van der Waals surface area contributed by atoms with Crippen LogP contribution in [0.25, 0.3) is 10.2 Å². The van der Waals surface area contributed by atoms with Gasteiger partial charge in [-0.3, -0.25) is 19.0 Å². The Morgan fingerprint density at radius 2 is 2.29 bits per heavy atom. The van der Waals surface area contributed by atoms with Crippen molar-refractivity contribution in [1.29, 1.82) is 0 Å². The number of rotatable bonds is 3. The van der Waals surface area contributed by atoms with E-state index in [4.69, 9.17) is 0 Å². The number of likely N-dealkylation sites (tertiary alicyclic amines) is 1. The van der Waals surface area contributed by atoms with E-state index in [9.17, 15) is 19.5 Å². The molecule has 1 amide bonds. The standard InChI is InChI=1S/C16H17N3O4S/c20-12(7-19-9-17-13-11(14(19)21)3-5-24-13)18-6-10-2-1-4-16(10,8-18)15(22)23/h3,5,9-10H,1-2,4,6-8H2,(H,22,23)/t10-,16+/m0/s1. The van der Waals surface area contributed by atoms with Crippen LogP contribution in [0.2, 0.25) is 0 Å². The van der Waals surface area contributed by atoms with E-state index in [2.05, 4.69) is 4.98 Å². The number of fused-ring (bicyclic) bond motifs is 2. The van der Waals surface area contributed by atoms with E-state index in [1.807, 2.05) is 0 Å². The van der Waals surface area contributed by atoms with Gasteiger partial charge in [-0.15, -0.1) is 11.3 Å². The van der Waals surface area contributed by atoms with Gasteiger partial charge in [-0.25, -0.2) is 4.98 Å². The molecule has 2 aromatic rings. The summed E-state index contributed by atoms with van der Waals surface area (Å²) >= 11 is 1.38. The number of hydrogen-bond donors (Lipinski definition) is 1. The molecule has 1 N–H and O–H groups in total. The first-order valence-corrected chi connectivity index (χ1v) is 8.83. The van der Waals surface area contributed by atoms with Crippen molar-refractivity contribution < 1.29 is 14.7 Å². The Kier molecular flexibility index (Phi) is 3.45. The van der Waals surface area contributed by atoms with E-state index < -0.39 is 11.4 Å². The molecule has 0 spiro atoms. The summed E-state index contributed by atoms with van der Waals surface area (Å²) in [5.41, 5.74) is -1.03. The van der Waals surface area contributed by atoms with Crippen molar-refractivity contribution in [1.82, 2.24) is 14.5 Å². The zero-order valence-electron chi connectivity index (χ0n) is 13.0. The lowest BCUT2D eigenvalue weighted by Crippen LogP contribution is -2.39. The van der Waals surface area contributed by atoms with Crippen molar-refractivity contribution >= 4 is 33.4 Å². The van der Waals surface area contributed by atoms with Crippen molar-refractivity contribution in [2.75, 3.05) is 13.1 Å². The summed E-state index contributed by atoms with van der Waals surface area (Å²) in [4.78, 5) is 43.1. The molecule has 1 saturated heterocycles. The SMILES string of the molecule is O=C(Cn1cnc2sccc2c1=O)N1C[C@@H]2CCC[C@@]2(C(=O)O)C1. The molecule has 4 rings (SSSR count). The van der Waals surface area contributed by atoms with E-state index in [0.29, 0.717) is 23.2 Å². The fraction of sp³-hybridized carbons (Fsp3) is 0.500. The average molecular weight is 347 g/mol. The fourth-order valence-electron chi connectivity index (χ4n) is 4.08. The number of carboxylic acids is 1. The first-order chi connectivity index (χ1) is 11.5. The second kappa shape index (κ2) is 5.41. The molecule has 0 radical (unpaired) electrons. The van der Waals surface area contributed by atoms with Crippen LogP contribution < -0.4 is 5.56 Å². The molecular formula is C16H17N3O4S. The third-order valence-electron chi connectivity index (χ3n) is 5.41. The summed E-state index contributed by atoms with van der Waals surface area (Å²) in [6.07, 6.45) is 3.76. The molecule has 2 aromatic heterocycles. The zero-order chi connectivity index (χ0) is 16.9. The first-order valence-electron chi connectivity index (χ1n) is 7.95. The van der Waals surface area contributed by atoms with Gasteiger partial charge in [0.2, 0.25) is 5.91 Å². The highest BCUT2D eigenvalue weighted by Crippen LogP contribution is 2.48. The van der Waals surface area contributed by atoms with Crippen LogP contribution in [0.5, 0.6) is 0 Å². The van der Waals surface area contributed by atoms with Crippen LogP contribution in [0.3, 0.4) is 0 Å². The molecule has 2 fully saturated rings. The number of aliphatic carboxylic acids is 1. The van der Waals surface area contributed by atoms with Gasteiger partial charge >= 0.3 is 5.97 Å². The van der Waals surface area contributed by atoms with Crippen molar-refractivity contribution in [3.8, 4) is 0 Å². The molecule has 8 heteroatoms. The Morgan fingerprint density at radius 3 is 3.04 bits per heavy atom. The van der Waals surface area contributed by atoms with Crippen molar-refractivity contribution in [2.24, 2.45) is 11.3 Å². The van der Waals surface area contributed by atoms with Gasteiger partial charge in [0.1, 0.15) is 11.4 Å². The summed E-state index contributed by atoms with van der Waals surface area (Å²) < 4.78 is 1.30. The quantitative estimate of drug-likeness (QED) is 0.900. The molecule has 1 aliphatic carbocycles. The molecular weight excluding hydrogens is 330 g/mol. The third kappa shape index (κ3) is 2.16. The molecule has 0 unspecified atom stereocenters. The average Bonchev–Trinajstić information content (AvgIpc) is 3.22. The van der Waals surface area contributed by atoms with Crippen LogP contribution in [-0.4, -0.2) is 44.5 Å². The van der Waals surface area contributed by atoms with Gasteiger partial charge in [0.15, 0.2) is 0 Å². The van der Waals surface area contributed by atoms with Crippen LogP contribution in [-0.2, 0) is 16.1 Å². The Bertz CT molecular complexity index is 889. The van der Waals surface area contributed by atoms with Crippen molar-refractivity contribution in [2.45, 2.75) is 25.8 Å². The van der Waals surface area contributed by atoms with Crippen LogP contribution in [0.15, 0.2) is 22.6 Å². The lowest BCUT2D eigenvalue weighted by atomic mass is 9.81. The van der Waals surface area contributed by atoms with Crippen LogP contribution in [0.1, 0.15) is 19.3 Å². The van der Waals surface area contributed by atoms with Gasteiger partial charge in [-0.2, -0.15) is 0 Å². The molecule has 7 nitrogen and oxygen atoms in total. The van der Waals surface area contributed by atoms with Gasteiger partial charge in [-0.1, -0.05) is 6.42 Å². The summed E-state index contributed by atoms with van der Waals surface area (Å²) in [7, 11) is 0. The second-order valence-corrected chi connectivity index (χ2v) is 7.54. The number of carboxylic acid groups (broad SMARTS) is 1. The van der Waals surface area contributed by atoms with Crippen LogP contribution in [0, 0.1) is 11.3 Å². The minimum Gasteiger partial charge on any atom is -0.481 e. The number of aromatic nitrogens is 2.